The molecule has 162 valence electrons. The van der Waals surface area contributed by atoms with E-state index in [0.29, 0.717) is 13.0 Å². The van der Waals surface area contributed by atoms with Crippen molar-refractivity contribution >= 4 is 33.4 Å². The summed E-state index contributed by atoms with van der Waals surface area (Å²) in [7, 11) is 0. The van der Waals surface area contributed by atoms with Crippen LogP contribution in [-0.2, 0) is 9.53 Å². The van der Waals surface area contributed by atoms with E-state index in [9.17, 15) is 4.79 Å². The van der Waals surface area contributed by atoms with Gasteiger partial charge in [-0.25, -0.2) is 4.99 Å². The van der Waals surface area contributed by atoms with Crippen LogP contribution in [0.1, 0.15) is 37.7 Å². The molecule has 3 aliphatic rings. The van der Waals surface area contributed by atoms with Crippen molar-refractivity contribution in [1.29, 1.82) is 0 Å². The first-order valence-corrected chi connectivity index (χ1v) is 11.8. The fourth-order valence-electron chi connectivity index (χ4n) is 4.53. The molecule has 0 aromatic heterocycles. The maximum Gasteiger partial charge on any atom is 0.307 e. The van der Waals surface area contributed by atoms with E-state index in [1.54, 1.807) is 0 Å². The smallest absolute Gasteiger partial charge is 0.307 e. The molecule has 0 bridgehead atoms. The molecule has 31 heavy (non-hydrogen) atoms. The molecule has 7 heteroatoms. The molecule has 1 saturated carbocycles. The van der Waals surface area contributed by atoms with Crippen LogP contribution in [0.25, 0.3) is 0 Å². The number of carbonyl (C=O) groups is 1. The molecule has 1 atom stereocenters. The second-order valence-corrected chi connectivity index (χ2v) is 9.26. The Morgan fingerprint density at radius 1 is 1.19 bits per heavy atom. The molecule has 6 nitrogen and oxygen atoms in total. The second kappa shape index (κ2) is 9.01. The fraction of sp³-hybridized carbons (Fsp3) is 0.417. The highest BCUT2D eigenvalue weighted by Gasteiger charge is 2.29. The van der Waals surface area contributed by atoms with Crippen molar-refractivity contribution in [2.24, 2.45) is 4.99 Å². The first-order chi connectivity index (χ1) is 15.2. The normalized spacial score (nSPS) is 20.9. The summed E-state index contributed by atoms with van der Waals surface area (Å²) in [5, 5.41) is 3.48. The van der Waals surface area contributed by atoms with E-state index in [1.807, 2.05) is 42.5 Å². The standard InChI is InChI=1S/C24H26BrN3O3/c25-16-9-10-22-20(13-16)27-24(19-7-3-4-8-21(19)31-22)28-12-11-26-17(15-28)14-23(29)30-18-5-1-2-6-18/h3-4,7-10,13,17-18,26H,1-2,5-6,11-12,14-15H2. The molecular formula is C24H26BrN3O3. The number of piperazine rings is 1. The Morgan fingerprint density at radius 3 is 2.90 bits per heavy atom. The predicted molar refractivity (Wildman–Crippen MR) is 123 cm³/mol. The maximum atomic E-state index is 12.5. The summed E-state index contributed by atoms with van der Waals surface area (Å²) in [6.07, 6.45) is 4.80. The topological polar surface area (TPSA) is 63.2 Å². The van der Waals surface area contributed by atoms with Crippen LogP contribution in [0.3, 0.4) is 0 Å². The van der Waals surface area contributed by atoms with Gasteiger partial charge in [-0.15, -0.1) is 0 Å². The third-order valence-corrected chi connectivity index (χ3v) is 6.56. The number of hydrogen-bond acceptors (Lipinski definition) is 6. The van der Waals surface area contributed by atoms with Gasteiger partial charge in [0.2, 0.25) is 0 Å². The average Bonchev–Trinajstić information content (AvgIpc) is 3.21. The molecule has 2 aromatic rings. The molecule has 1 N–H and O–H groups in total. The minimum absolute atomic E-state index is 0.0312. The van der Waals surface area contributed by atoms with E-state index in [-0.39, 0.29) is 18.1 Å². The maximum absolute atomic E-state index is 12.5. The van der Waals surface area contributed by atoms with Crippen molar-refractivity contribution in [1.82, 2.24) is 10.2 Å². The van der Waals surface area contributed by atoms with Crippen molar-refractivity contribution in [2.45, 2.75) is 44.2 Å². The highest BCUT2D eigenvalue weighted by Crippen LogP contribution is 2.39. The first-order valence-electron chi connectivity index (χ1n) is 11.0. The Bertz CT molecular complexity index is 1000. The van der Waals surface area contributed by atoms with E-state index in [2.05, 4.69) is 26.1 Å². The van der Waals surface area contributed by atoms with Gasteiger partial charge in [-0.3, -0.25) is 4.79 Å². The Labute approximate surface area is 190 Å². The van der Waals surface area contributed by atoms with Gasteiger partial charge in [0.25, 0.3) is 0 Å². The fourth-order valence-corrected chi connectivity index (χ4v) is 4.88. The number of benzene rings is 2. The summed E-state index contributed by atoms with van der Waals surface area (Å²) in [4.78, 5) is 19.7. The lowest BCUT2D eigenvalue weighted by atomic mass is 10.1. The highest BCUT2D eigenvalue weighted by atomic mass is 79.9. The van der Waals surface area contributed by atoms with E-state index in [4.69, 9.17) is 14.5 Å². The number of nitrogens with one attached hydrogen (secondary N) is 1. The van der Waals surface area contributed by atoms with Crippen molar-refractivity contribution in [3.63, 3.8) is 0 Å². The Morgan fingerprint density at radius 2 is 2.03 bits per heavy atom. The number of esters is 1. The van der Waals surface area contributed by atoms with Crippen molar-refractivity contribution < 1.29 is 14.3 Å². The summed E-state index contributed by atoms with van der Waals surface area (Å²) in [5.74, 6) is 2.30. The monoisotopic (exact) mass is 483 g/mol. The number of hydrogen-bond donors (Lipinski definition) is 1. The Hall–Kier alpha value is -2.38. The molecule has 1 saturated heterocycles. The number of halogens is 1. The lowest BCUT2D eigenvalue weighted by Gasteiger charge is -2.35. The number of nitrogens with zero attached hydrogens (tertiary/aromatic N) is 2. The van der Waals surface area contributed by atoms with E-state index >= 15 is 0 Å². The van der Waals surface area contributed by atoms with Gasteiger partial charge in [0.15, 0.2) is 5.75 Å². The molecule has 0 radical (unpaired) electrons. The van der Waals surface area contributed by atoms with Crippen molar-refractivity contribution in [3.05, 3.63) is 52.5 Å². The summed E-state index contributed by atoms with van der Waals surface area (Å²) >= 11 is 3.54. The molecule has 1 aliphatic carbocycles. The molecule has 0 amide bonds. The van der Waals surface area contributed by atoms with Gasteiger partial charge in [-0.1, -0.05) is 28.1 Å². The minimum atomic E-state index is -0.105. The van der Waals surface area contributed by atoms with Gasteiger partial charge >= 0.3 is 5.97 Å². The molecule has 2 fully saturated rings. The quantitative estimate of drug-likeness (QED) is 0.636. The molecule has 2 aromatic carbocycles. The number of aliphatic imine (C=N–C) groups is 1. The zero-order chi connectivity index (χ0) is 21.2. The van der Waals surface area contributed by atoms with Gasteiger partial charge in [-0.05, 0) is 56.0 Å². The lowest BCUT2D eigenvalue weighted by Crippen LogP contribution is -2.53. The molecular weight excluding hydrogens is 458 g/mol. The largest absolute Gasteiger partial charge is 0.462 e. The summed E-state index contributed by atoms with van der Waals surface area (Å²) in [5.41, 5.74) is 1.75. The average molecular weight is 484 g/mol. The third-order valence-electron chi connectivity index (χ3n) is 6.06. The summed E-state index contributed by atoms with van der Waals surface area (Å²) < 4.78 is 12.8. The number of carbonyl (C=O) groups excluding carboxylic acids is 1. The van der Waals surface area contributed by atoms with Crippen LogP contribution in [0.2, 0.25) is 0 Å². The van der Waals surface area contributed by atoms with Gasteiger partial charge in [0.05, 0.1) is 12.0 Å². The van der Waals surface area contributed by atoms with E-state index in [0.717, 1.165) is 71.8 Å². The summed E-state index contributed by atoms with van der Waals surface area (Å²) in [6.45, 7) is 2.29. The molecule has 1 unspecified atom stereocenters. The number of ether oxygens (including phenoxy) is 2. The van der Waals surface area contributed by atoms with Gasteiger partial charge in [-0.2, -0.15) is 0 Å². The summed E-state index contributed by atoms with van der Waals surface area (Å²) in [6, 6.07) is 13.9. The first kappa shape index (κ1) is 20.5. The predicted octanol–water partition coefficient (Wildman–Crippen LogP) is 4.78. The molecule has 5 rings (SSSR count). The third kappa shape index (κ3) is 4.62. The minimum Gasteiger partial charge on any atom is -0.462 e. The van der Waals surface area contributed by atoms with Gasteiger partial charge in [0.1, 0.15) is 23.4 Å². The van der Waals surface area contributed by atoms with Crippen LogP contribution in [0.15, 0.2) is 51.9 Å². The zero-order valence-corrected chi connectivity index (χ0v) is 18.9. The Balaban J connectivity index is 1.38. The van der Waals surface area contributed by atoms with Crippen LogP contribution in [-0.4, -0.2) is 48.5 Å². The molecule has 2 heterocycles. The molecule has 2 aliphatic heterocycles. The second-order valence-electron chi connectivity index (χ2n) is 8.34. The molecule has 0 spiro atoms. The van der Waals surface area contributed by atoms with E-state index < -0.39 is 0 Å². The van der Waals surface area contributed by atoms with Crippen LogP contribution in [0.5, 0.6) is 11.5 Å². The van der Waals surface area contributed by atoms with Crippen LogP contribution < -0.4 is 10.1 Å². The highest BCUT2D eigenvalue weighted by molar-refractivity contribution is 9.10. The van der Waals surface area contributed by atoms with Crippen LogP contribution in [0.4, 0.5) is 5.69 Å². The van der Waals surface area contributed by atoms with Crippen LogP contribution in [0, 0.1) is 0 Å². The number of para-hydroxylation sites is 1. The number of rotatable bonds is 3. The number of fused-ring (bicyclic) bond motifs is 2. The van der Waals surface area contributed by atoms with Gasteiger partial charge in [0, 0.05) is 30.1 Å². The van der Waals surface area contributed by atoms with Gasteiger partial charge < -0.3 is 19.7 Å². The number of amidine groups is 1. The van der Waals surface area contributed by atoms with Crippen molar-refractivity contribution in [2.75, 3.05) is 19.6 Å². The van der Waals surface area contributed by atoms with Crippen molar-refractivity contribution in [3.8, 4) is 11.5 Å². The van der Waals surface area contributed by atoms with E-state index in [1.165, 1.54) is 0 Å². The SMILES string of the molecule is O=C(CC1CN(C2=Nc3cc(Br)ccc3Oc3ccccc32)CCN1)OC1CCCC1. The lowest BCUT2D eigenvalue weighted by molar-refractivity contribution is -0.149. The zero-order valence-electron chi connectivity index (χ0n) is 17.4. The Kier molecular flexibility index (Phi) is 5.96. The van der Waals surface area contributed by atoms with Crippen LogP contribution >= 0.6 is 15.9 Å².